The molecule has 0 bridgehead atoms. The van der Waals surface area contributed by atoms with Gasteiger partial charge in [0.15, 0.2) is 11.6 Å². The molecule has 0 unspecified atom stereocenters. The second-order valence-electron chi connectivity index (χ2n) is 7.48. The fourth-order valence-electron chi connectivity index (χ4n) is 3.06. The van der Waals surface area contributed by atoms with E-state index in [4.69, 9.17) is 5.41 Å². The SMILES string of the molecule is N=C(/C=C(\Nc1ccc(NC(=O)c2cccc(F)c2F)cc1F)C1CC1)C1CC1. The minimum Gasteiger partial charge on any atom is -0.356 e. The van der Waals surface area contributed by atoms with Crippen LogP contribution in [0, 0.1) is 34.7 Å². The van der Waals surface area contributed by atoms with Gasteiger partial charge in [-0.05, 0) is 68.0 Å². The molecule has 4 rings (SSSR count). The molecular weight excluding hydrogens is 379 g/mol. The Morgan fingerprint density at radius 3 is 2.34 bits per heavy atom. The van der Waals surface area contributed by atoms with Crippen LogP contribution in [-0.2, 0) is 0 Å². The van der Waals surface area contributed by atoms with E-state index in [1.807, 2.05) is 0 Å². The first kappa shape index (κ1) is 19.2. The van der Waals surface area contributed by atoms with E-state index in [1.54, 1.807) is 6.08 Å². The molecule has 0 atom stereocenters. The molecule has 0 radical (unpaired) electrons. The summed E-state index contributed by atoms with van der Waals surface area (Å²) < 4.78 is 41.6. The zero-order chi connectivity index (χ0) is 20.5. The summed E-state index contributed by atoms with van der Waals surface area (Å²) in [5.41, 5.74) is 1.32. The molecular formula is C22H20F3N3O. The van der Waals surface area contributed by atoms with Crippen molar-refractivity contribution in [3.05, 3.63) is 71.2 Å². The maximum atomic E-state index is 14.6. The maximum Gasteiger partial charge on any atom is 0.258 e. The Balaban J connectivity index is 1.48. The topological polar surface area (TPSA) is 65.0 Å². The van der Waals surface area contributed by atoms with Gasteiger partial charge in [-0.3, -0.25) is 4.79 Å². The third-order valence-electron chi connectivity index (χ3n) is 5.05. The molecule has 2 aromatic carbocycles. The highest BCUT2D eigenvalue weighted by Gasteiger charge is 2.30. The molecule has 150 valence electrons. The van der Waals surface area contributed by atoms with Crippen molar-refractivity contribution < 1.29 is 18.0 Å². The third kappa shape index (κ3) is 4.50. The van der Waals surface area contributed by atoms with Gasteiger partial charge in [0, 0.05) is 23.0 Å². The summed E-state index contributed by atoms with van der Waals surface area (Å²) in [6.45, 7) is 0. The summed E-state index contributed by atoms with van der Waals surface area (Å²) in [5, 5.41) is 13.5. The lowest BCUT2D eigenvalue weighted by Crippen LogP contribution is -2.15. The molecule has 0 heterocycles. The number of nitrogens with one attached hydrogen (secondary N) is 3. The van der Waals surface area contributed by atoms with Crippen molar-refractivity contribution in [3.8, 4) is 0 Å². The summed E-state index contributed by atoms with van der Waals surface area (Å²) in [6, 6.07) is 7.38. The van der Waals surface area contributed by atoms with Gasteiger partial charge in [-0.1, -0.05) is 6.07 Å². The monoisotopic (exact) mass is 399 g/mol. The fraction of sp³-hybridized carbons (Fsp3) is 0.273. The van der Waals surface area contributed by atoms with Crippen LogP contribution in [0.3, 0.4) is 0 Å². The number of hydrogen-bond acceptors (Lipinski definition) is 3. The number of allylic oxidation sites excluding steroid dienone is 2. The minimum absolute atomic E-state index is 0.129. The predicted octanol–water partition coefficient (Wildman–Crippen LogP) is 5.49. The van der Waals surface area contributed by atoms with Gasteiger partial charge in [-0.15, -0.1) is 0 Å². The number of rotatable bonds is 7. The molecule has 29 heavy (non-hydrogen) atoms. The first-order valence-corrected chi connectivity index (χ1v) is 9.54. The standard InChI is InChI=1S/C22H20F3N3O/c23-16-3-1-2-15(21(16)25)22(29)27-14-8-9-19(17(24)10-14)28-20(13-6-7-13)11-18(26)12-4-5-12/h1-3,8-13,26,28H,4-7H2,(H,27,29)/b20-11-,26-18?. The van der Waals surface area contributed by atoms with Gasteiger partial charge in [-0.25, -0.2) is 13.2 Å². The Hall–Kier alpha value is -3.09. The van der Waals surface area contributed by atoms with Crippen LogP contribution < -0.4 is 10.6 Å². The normalized spacial score (nSPS) is 16.4. The molecule has 2 aliphatic rings. The summed E-state index contributed by atoms with van der Waals surface area (Å²) in [6.07, 6.45) is 5.87. The van der Waals surface area contributed by atoms with Gasteiger partial charge >= 0.3 is 0 Å². The Morgan fingerprint density at radius 1 is 0.966 bits per heavy atom. The van der Waals surface area contributed by atoms with Crippen LogP contribution in [0.5, 0.6) is 0 Å². The Morgan fingerprint density at radius 2 is 1.69 bits per heavy atom. The largest absolute Gasteiger partial charge is 0.356 e. The van der Waals surface area contributed by atoms with Gasteiger partial charge in [0.1, 0.15) is 5.82 Å². The van der Waals surface area contributed by atoms with Crippen molar-refractivity contribution in [3.63, 3.8) is 0 Å². The van der Waals surface area contributed by atoms with Crippen molar-refractivity contribution >= 4 is 23.0 Å². The highest BCUT2D eigenvalue weighted by molar-refractivity contribution is 6.04. The number of carbonyl (C=O) groups is 1. The molecule has 0 aliphatic heterocycles. The average Bonchev–Trinajstić information content (AvgIpc) is 3.56. The molecule has 4 nitrogen and oxygen atoms in total. The first-order valence-electron chi connectivity index (χ1n) is 9.54. The summed E-state index contributed by atoms with van der Waals surface area (Å²) >= 11 is 0. The third-order valence-corrected chi connectivity index (χ3v) is 5.05. The van der Waals surface area contributed by atoms with Gasteiger partial charge in [0.2, 0.25) is 0 Å². The van der Waals surface area contributed by atoms with E-state index in [0.29, 0.717) is 17.5 Å². The van der Waals surface area contributed by atoms with Crippen LogP contribution in [0.4, 0.5) is 24.5 Å². The summed E-state index contributed by atoms with van der Waals surface area (Å²) in [4.78, 5) is 12.2. The molecule has 3 N–H and O–H groups in total. The van der Waals surface area contributed by atoms with Crippen LogP contribution in [0.2, 0.25) is 0 Å². The van der Waals surface area contributed by atoms with Crippen molar-refractivity contribution in [2.45, 2.75) is 25.7 Å². The second-order valence-corrected chi connectivity index (χ2v) is 7.48. The first-order chi connectivity index (χ1) is 13.9. The maximum absolute atomic E-state index is 14.6. The van der Waals surface area contributed by atoms with Gasteiger partial charge in [0.25, 0.3) is 5.91 Å². The lowest BCUT2D eigenvalue weighted by Gasteiger charge is -2.13. The van der Waals surface area contributed by atoms with E-state index in [1.165, 1.54) is 18.2 Å². The van der Waals surface area contributed by atoms with E-state index in [9.17, 15) is 18.0 Å². The lowest BCUT2D eigenvalue weighted by atomic mass is 10.1. The van der Waals surface area contributed by atoms with Gasteiger partial charge in [0.05, 0.1) is 11.3 Å². The van der Waals surface area contributed by atoms with E-state index in [0.717, 1.165) is 49.6 Å². The number of carbonyl (C=O) groups excluding carboxylic acids is 1. The molecule has 0 aromatic heterocycles. The second kappa shape index (κ2) is 7.73. The number of halogens is 3. The Kier molecular flexibility index (Phi) is 5.13. The van der Waals surface area contributed by atoms with Crippen LogP contribution in [0.15, 0.2) is 48.2 Å². The number of anilines is 2. The molecule has 1 amide bonds. The Labute approximate surface area is 166 Å². The molecule has 0 spiro atoms. The van der Waals surface area contributed by atoms with Crippen LogP contribution in [0.1, 0.15) is 36.0 Å². The fourth-order valence-corrected chi connectivity index (χ4v) is 3.06. The zero-order valence-corrected chi connectivity index (χ0v) is 15.6. The number of hydrogen-bond donors (Lipinski definition) is 3. The molecule has 0 saturated heterocycles. The predicted molar refractivity (Wildman–Crippen MR) is 106 cm³/mol. The van der Waals surface area contributed by atoms with Crippen molar-refractivity contribution in [2.75, 3.05) is 10.6 Å². The zero-order valence-electron chi connectivity index (χ0n) is 15.6. The van der Waals surface area contributed by atoms with E-state index in [-0.39, 0.29) is 11.4 Å². The molecule has 2 aromatic rings. The van der Waals surface area contributed by atoms with Gasteiger partial charge in [-0.2, -0.15) is 0 Å². The van der Waals surface area contributed by atoms with Crippen LogP contribution in [0.25, 0.3) is 0 Å². The Bertz CT molecular complexity index is 1010. The molecule has 2 fully saturated rings. The van der Waals surface area contributed by atoms with Crippen LogP contribution >= 0.6 is 0 Å². The van der Waals surface area contributed by atoms with E-state index >= 15 is 0 Å². The molecule has 2 aliphatic carbocycles. The van der Waals surface area contributed by atoms with E-state index in [2.05, 4.69) is 10.6 Å². The summed E-state index contributed by atoms with van der Waals surface area (Å²) in [5.74, 6) is -3.20. The summed E-state index contributed by atoms with van der Waals surface area (Å²) in [7, 11) is 0. The minimum atomic E-state index is -1.25. The smallest absolute Gasteiger partial charge is 0.258 e. The molecule has 2 saturated carbocycles. The highest BCUT2D eigenvalue weighted by atomic mass is 19.2. The average molecular weight is 399 g/mol. The van der Waals surface area contributed by atoms with E-state index < -0.39 is 28.9 Å². The number of amides is 1. The molecule has 7 heteroatoms. The quantitative estimate of drug-likeness (QED) is 0.539. The van der Waals surface area contributed by atoms with Crippen molar-refractivity contribution in [2.24, 2.45) is 11.8 Å². The van der Waals surface area contributed by atoms with Gasteiger partial charge < -0.3 is 16.0 Å². The van der Waals surface area contributed by atoms with Crippen molar-refractivity contribution in [1.29, 1.82) is 5.41 Å². The van der Waals surface area contributed by atoms with Crippen LogP contribution in [-0.4, -0.2) is 11.6 Å². The highest BCUT2D eigenvalue weighted by Crippen LogP contribution is 2.39. The lowest BCUT2D eigenvalue weighted by molar-refractivity contribution is 0.102. The number of benzene rings is 2. The van der Waals surface area contributed by atoms with Crippen molar-refractivity contribution in [1.82, 2.24) is 0 Å².